The minimum atomic E-state index is -0.102. The Morgan fingerprint density at radius 3 is 2.34 bits per heavy atom. The Balaban J connectivity index is 1.13. The van der Waals surface area contributed by atoms with E-state index in [-0.39, 0.29) is 23.8 Å². The van der Waals surface area contributed by atoms with Gasteiger partial charge in [0.05, 0.1) is 23.0 Å². The van der Waals surface area contributed by atoms with Crippen molar-refractivity contribution < 1.29 is 9.59 Å². The molecular weight excluding hydrogens is 474 g/mol. The Morgan fingerprint density at radius 1 is 0.974 bits per heavy atom. The van der Waals surface area contributed by atoms with Gasteiger partial charge in [0, 0.05) is 51.1 Å². The van der Waals surface area contributed by atoms with Crippen molar-refractivity contribution in [2.75, 3.05) is 19.6 Å². The number of aromatic nitrogens is 2. The van der Waals surface area contributed by atoms with Crippen LogP contribution < -0.4 is 5.32 Å². The molecule has 3 aliphatic rings. The second-order valence-electron chi connectivity index (χ2n) is 11.4. The smallest absolute Gasteiger partial charge is 0.227 e. The minimum Gasteiger partial charge on any atom is -0.349 e. The quantitative estimate of drug-likeness (QED) is 0.482. The second kappa shape index (κ2) is 10.5. The van der Waals surface area contributed by atoms with Crippen LogP contribution in [0.25, 0.3) is 11.0 Å². The van der Waals surface area contributed by atoms with Gasteiger partial charge in [-0.05, 0) is 49.8 Å². The molecule has 0 spiro atoms. The Morgan fingerprint density at radius 2 is 1.66 bits per heavy atom. The molecule has 3 aliphatic heterocycles. The Hall–Kier alpha value is -3.19. The topological polar surface area (TPSA) is 70.5 Å². The summed E-state index contributed by atoms with van der Waals surface area (Å²) in [5.41, 5.74) is 3.54. The van der Waals surface area contributed by atoms with Gasteiger partial charge in [-0.2, -0.15) is 0 Å². The van der Waals surface area contributed by atoms with Crippen molar-refractivity contribution in [2.45, 2.75) is 76.5 Å². The fraction of sp³-hybridized carbons (Fsp3) is 0.516. The number of piperidine rings is 1. The third kappa shape index (κ3) is 4.73. The molecule has 38 heavy (non-hydrogen) atoms. The number of nitrogens with zero attached hydrogens (tertiary/aromatic N) is 4. The molecule has 200 valence electrons. The average Bonchev–Trinajstić information content (AvgIpc) is 3.38. The lowest BCUT2D eigenvalue weighted by atomic mass is 9.94. The number of rotatable bonds is 8. The highest BCUT2D eigenvalue weighted by molar-refractivity contribution is 5.84. The van der Waals surface area contributed by atoms with Gasteiger partial charge in [-0.1, -0.05) is 49.4 Å². The molecular formula is C31H39N5O2. The first-order valence-electron chi connectivity index (χ1n) is 14.3. The highest BCUT2D eigenvalue weighted by Gasteiger charge is 2.42. The van der Waals surface area contributed by atoms with Gasteiger partial charge in [0.2, 0.25) is 11.8 Å². The van der Waals surface area contributed by atoms with Crippen LogP contribution in [0.4, 0.5) is 0 Å². The number of imidazole rings is 1. The van der Waals surface area contributed by atoms with E-state index in [9.17, 15) is 9.59 Å². The molecule has 4 heterocycles. The van der Waals surface area contributed by atoms with E-state index in [1.807, 2.05) is 18.2 Å². The Labute approximate surface area is 225 Å². The molecule has 2 aromatic carbocycles. The van der Waals surface area contributed by atoms with Gasteiger partial charge in [-0.3, -0.25) is 14.5 Å². The van der Waals surface area contributed by atoms with E-state index in [4.69, 9.17) is 4.98 Å². The fourth-order valence-corrected chi connectivity index (χ4v) is 7.05. The van der Waals surface area contributed by atoms with Crippen LogP contribution in [0.2, 0.25) is 0 Å². The third-order valence-electron chi connectivity index (χ3n) is 9.10. The molecule has 0 radical (unpaired) electrons. The highest BCUT2D eigenvalue weighted by atomic mass is 16.2. The van der Waals surface area contributed by atoms with Crippen molar-refractivity contribution in [1.29, 1.82) is 0 Å². The largest absolute Gasteiger partial charge is 0.349 e. The number of hydrogen-bond acceptors (Lipinski definition) is 4. The van der Waals surface area contributed by atoms with Crippen LogP contribution in [-0.2, 0) is 16.0 Å². The SMILES string of the molecule is CCc1nc2ccccc2n1[C@@H]1C[C@H]2CC[C@@H](C1)N2CC[C@H](NC(=O)C1CN(C(C)=O)C1)c1ccccc1. The van der Waals surface area contributed by atoms with Crippen molar-refractivity contribution >= 4 is 22.8 Å². The lowest BCUT2D eigenvalue weighted by molar-refractivity contribution is -0.141. The van der Waals surface area contributed by atoms with Gasteiger partial charge in [0.15, 0.2) is 0 Å². The van der Waals surface area contributed by atoms with Gasteiger partial charge in [0.1, 0.15) is 5.82 Å². The summed E-state index contributed by atoms with van der Waals surface area (Å²) in [6.45, 7) is 5.82. The lowest BCUT2D eigenvalue weighted by Gasteiger charge is -2.41. The summed E-state index contributed by atoms with van der Waals surface area (Å²) in [4.78, 5) is 34.0. The van der Waals surface area contributed by atoms with E-state index in [1.54, 1.807) is 11.8 Å². The van der Waals surface area contributed by atoms with Crippen molar-refractivity contribution in [2.24, 2.45) is 5.92 Å². The van der Waals surface area contributed by atoms with E-state index < -0.39 is 0 Å². The Bertz CT molecular complexity index is 1280. The standard InChI is InChI=1S/C31H39N5O2/c1-3-30-32-28-11-7-8-12-29(28)36(30)26-17-24-13-14-25(18-26)35(24)16-15-27(22-9-5-4-6-10-22)33-31(38)23-19-34(20-23)21(2)37/h4-12,23-27H,3,13-20H2,1-2H3,(H,33,38)/t24-,25+,26-,27-/m0/s1. The van der Waals surface area contributed by atoms with Gasteiger partial charge < -0.3 is 14.8 Å². The number of carbonyl (C=O) groups is 2. The van der Waals surface area contributed by atoms with Crippen LogP contribution in [0.15, 0.2) is 54.6 Å². The van der Waals surface area contributed by atoms with Gasteiger partial charge in [0.25, 0.3) is 0 Å². The van der Waals surface area contributed by atoms with Crippen molar-refractivity contribution in [3.63, 3.8) is 0 Å². The minimum absolute atomic E-state index is 0.0171. The molecule has 6 rings (SSSR count). The lowest BCUT2D eigenvalue weighted by Crippen LogP contribution is -2.55. The van der Waals surface area contributed by atoms with Gasteiger partial charge in [-0.15, -0.1) is 0 Å². The van der Waals surface area contributed by atoms with Crippen molar-refractivity contribution in [1.82, 2.24) is 24.7 Å². The van der Waals surface area contributed by atoms with Crippen LogP contribution in [0.5, 0.6) is 0 Å². The van der Waals surface area contributed by atoms with Crippen molar-refractivity contribution in [3.05, 3.63) is 66.0 Å². The molecule has 2 bridgehead atoms. The first-order valence-corrected chi connectivity index (χ1v) is 14.3. The van der Waals surface area contributed by atoms with E-state index >= 15 is 0 Å². The molecule has 0 unspecified atom stereocenters. The van der Waals surface area contributed by atoms with Crippen molar-refractivity contribution in [3.8, 4) is 0 Å². The van der Waals surface area contributed by atoms with Gasteiger partial charge >= 0.3 is 0 Å². The first-order chi connectivity index (χ1) is 18.5. The maximum Gasteiger partial charge on any atom is 0.227 e. The summed E-state index contributed by atoms with van der Waals surface area (Å²) in [6.07, 6.45) is 6.67. The molecule has 7 nitrogen and oxygen atoms in total. The molecule has 4 atom stereocenters. The zero-order valence-corrected chi connectivity index (χ0v) is 22.6. The predicted molar refractivity (Wildman–Crippen MR) is 149 cm³/mol. The molecule has 3 fully saturated rings. The zero-order chi connectivity index (χ0) is 26.2. The number of carbonyl (C=O) groups excluding carboxylic acids is 2. The maximum absolute atomic E-state index is 13.0. The predicted octanol–water partition coefficient (Wildman–Crippen LogP) is 4.49. The fourth-order valence-electron chi connectivity index (χ4n) is 7.05. The molecule has 3 aromatic rings. The summed E-state index contributed by atoms with van der Waals surface area (Å²) in [5.74, 6) is 1.21. The average molecular weight is 514 g/mol. The van der Waals surface area contributed by atoms with Crippen LogP contribution in [-0.4, -0.2) is 62.9 Å². The maximum atomic E-state index is 13.0. The summed E-state index contributed by atoms with van der Waals surface area (Å²) >= 11 is 0. The summed E-state index contributed by atoms with van der Waals surface area (Å²) in [6, 6.07) is 20.5. The van der Waals surface area contributed by atoms with E-state index in [2.05, 4.69) is 58.1 Å². The number of likely N-dealkylation sites (tertiary alicyclic amines) is 1. The number of fused-ring (bicyclic) bond motifs is 3. The normalized spacial score (nSPS) is 24.4. The van der Waals surface area contributed by atoms with Crippen LogP contribution >= 0.6 is 0 Å². The first kappa shape index (κ1) is 25.1. The number of para-hydroxylation sites is 2. The molecule has 1 N–H and O–H groups in total. The summed E-state index contributed by atoms with van der Waals surface area (Å²) < 4.78 is 2.54. The highest BCUT2D eigenvalue weighted by Crippen LogP contribution is 2.43. The molecule has 3 saturated heterocycles. The number of amides is 2. The second-order valence-corrected chi connectivity index (χ2v) is 11.4. The van der Waals surface area contributed by atoms with Gasteiger partial charge in [-0.25, -0.2) is 4.98 Å². The molecule has 0 aliphatic carbocycles. The molecule has 0 saturated carbocycles. The number of nitrogens with one attached hydrogen (secondary N) is 1. The van der Waals surface area contributed by atoms with Crippen LogP contribution in [0.3, 0.4) is 0 Å². The van der Waals surface area contributed by atoms with E-state index in [1.165, 1.54) is 24.2 Å². The number of hydrogen-bond donors (Lipinski definition) is 1. The molecule has 7 heteroatoms. The zero-order valence-electron chi connectivity index (χ0n) is 22.6. The van der Waals surface area contributed by atoms with Crippen LogP contribution in [0.1, 0.15) is 69.4 Å². The molecule has 1 aromatic heterocycles. The third-order valence-corrected chi connectivity index (χ3v) is 9.10. The summed E-state index contributed by atoms with van der Waals surface area (Å²) in [7, 11) is 0. The van der Waals surface area contributed by atoms with E-state index in [0.29, 0.717) is 31.2 Å². The molecule has 2 amide bonds. The summed E-state index contributed by atoms with van der Waals surface area (Å²) in [5, 5.41) is 3.33. The van der Waals surface area contributed by atoms with E-state index in [0.717, 1.165) is 43.3 Å². The van der Waals surface area contributed by atoms with Crippen LogP contribution in [0, 0.1) is 5.92 Å². The monoisotopic (exact) mass is 513 g/mol. The Kier molecular flexibility index (Phi) is 6.95. The number of benzene rings is 2. The number of aryl methyl sites for hydroxylation is 1.